The highest BCUT2D eigenvalue weighted by molar-refractivity contribution is 6.14. The molecule has 2 aliphatic carbocycles. The third-order valence-corrected chi connectivity index (χ3v) is 1.65. The highest BCUT2D eigenvalue weighted by atomic mass is 35.5. The summed E-state index contributed by atoms with van der Waals surface area (Å²) in [5, 5.41) is 0. The molecule has 19 heavy (non-hydrogen) atoms. The molecular weight excluding hydrogens is 272 g/mol. The SMILES string of the molecule is C=O.Cl.O=C1C=CC(=O)C=C1.O=C1C=CC(=O)C=C1. The zero-order valence-electron chi connectivity index (χ0n) is 9.78. The minimum absolute atomic E-state index is 0. The Morgan fingerprint density at radius 1 is 0.474 bits per heavy atom. The molecule has 0 amide bonds. The van der Waals surface area contributed by atoms with Crippen LogP contribution in [0.2, 0.25) is 0 Å². The van der Waals surface area contributed by atoms with Crippen LogP contribution in [0.5, 0.6) is 0 Å². The van der Waals surface area contributed by atoms with Gasteiger partial charge in [-0.05, 0) is 48.6 Å². The molecule has 0 aromatic rings. The Morgan fingerprint density at radius 2 is 0.579 bits per heavy atom. The van der Waals surface area contributed by atoms with Gasteiger partial charge in [-0.2, -0.15) is 0 Å². The second kappa shape index (κ2) is 10.7. The van der Waals surface area contributed by atoms with Gasteiger partial charge in [0.05, 0.1) is 0 Å². The summed E-state index contributed by atoms with van der Waals surface area (Å²) < 4.78 is 0. The normalized spacial score (nSPS) is 14.9. The van der Waals surface area contributed by atoms with E-state index in [0.29, 0.717) is 0 Å². The fourth-order valence-electron chi connectivity index (χ4n) is 0.879. The lowest BCUT2D eigenvalue weighted by Crippen LogP contribution is -1.97. The van der Waals surface area contributed by atoms with E-state index in [0.717, 1.165) is 0 Å². The van der Waals surface area contributed by atoms with Crippen LogP contribution in [0.1, 0.15) is 0 Å². The summed E-state index contributed by atoms with van der Waals surface area (Å²) >= 11 is 0. The van der Waals surface area contributed by atoms with Gasteiger partial charge in [-0.15, -0.1) is 12.4 Å². The molecule has 0 bridgehead atoms. The third kappa shape index (κ3) is 9.31. The van der Waals surface area contributed by atoms with Crippen LogP contribution >= 0.6 is 12.4 Å². The maximum Gasteiger partial charge on any atom is 0.178 e. The number of rotatable bonds is 0. The predicted octanol–water partition coefficient (Wildman–Crippen LogP) is 0.738. The van der Waals surface area contributed by atoms with Crippen molar-refractivity contribution in [2.75, 3.05) is 0 Å². The summed E-state index contributed by atoms with van der Waals surface area (Å²) in [6.07, 6.45) is 10.0. The maximum absolute atomic E-state index is 10.3. The van der Waals surface area contributed by atoms with Crippen LogP contribution in [-0.4, -0.2) is 29.9 Å². The maximum atomic E-state index is 10.3. The van der Waals surface area contributed by atoms with Gasteiger partial charge in [0.2, 0.25) is 0 Å². The standard InChI is InChI=1S/2C6H4O2.CH2O.ClH/c2*7-5-1-2-6(8)4-3-5;1-2;/h2*1-4H;1H2;1H. The Kier molecular flexibility index (Phi) is 10.7. The van der Waals surface area contributed by atoms with E-state index in [1.165, 1.54) is 48.6 Å². The molecule has 0 radical (unpaired) electrons. The molecular formula is C13H11ClO5. The number of halogens is 1. The summed E-state index contributed by atoms with van der Waals surface area (Å²) in [7, 11) is 0. The zero-order chi connectivity index (χ0) is 14.0. The summed E-state index contributed by atoms with van der Waals surface area (Å²) in [6.45, 7) is 2.00. The van der Waals surface area contributed by atoms with Crippen LogP contribution in [0.25, 0.3) is 0 Å². The fraction of sp³-hybridized carbons (Fsp3) is 0. The van der Waals surface area contributed by atoms with E-state index in [2.05, 4.69) is 0 Å². The molecule has 100 valence electrons. The number of carbonyl (C=O) groups excluding carboxylic acids is 5. The summed E-state index contributed by atoms with van der Waals surface area (Å²) in [5.74, 6) is -0.483. The lowest BCUT2D eigenvalue weighted by molar-refractivity contribution is -0.113. The van der Waals surface area contributed by atoms with Crippen molar-refractivity contribution in [1.29, 1.82) is 0 Å². The highest BCUT2D eigenvalue weighted by Crippen LogP contribution is 1.91. The van der Waals surface area contributed by atoms with E-state index in [4.69, 9.17) is 4.79 Å². The van der Waals surface area contributed by atoms with Crippen LogP contribution in [-0.2, 0) is 24.0 Å². The summed E-state index contributed by atoms with van der Waals surface area (Å²) in [4.78, 5) is 49.1. The number of hydrogen-bond donors (Lipinski definition) is 0. The molecule has 2 rings (SSSR count). The molecule has 0 unspecified atom stereocenters. The third-order valence-electron chi connectivity index (χ3n) is 1.65. The first-order valence-corrected chi connectivity index (χ1v) is 4.75. The van der Waals surface area contributed by atoms with E-state index >= 15 is 0 Å². The average molecular weight is 283 g/mol. The van der Waals surface area contributed by atoms with Crippen LogP contribution in [0, 0.1) is 0 Å². The van der Waals surface area contributed by atoms with E-state index in [1.54, 1.807) is 0 Å². The lowest BCUT2D eigenvalue weighted by atomic mass is 10.2. The van der Waals surface area contributed by atoms with Crippen molar-refractivity contribution in [2.45, 2.75) is 0 Å². The molecule has 0 spiro atoms. The first-order valence-electron chi connectivity index (χ1n) is 4.75. The zero-order valence-corrected chi connectivity index (χ0v) is 10.6. The molecule has 6 heteroatoms. The van der Waals surface area contributed by atoms with Crippen molar-refractivity contribution in [3.05, 3.63) is 48.6 Å². The molecule has 0 saturated carbocycles. The predicted molar refractivity (Wildman–Crippen MR) is 71.0 cm³/mol. The van der Waals surface area contributed by atoms with E-state index in [9.17, 15) is 19.2 Å². The smallest absolute Gasteiger partial charge is 0.178 e. The van der Waals surface area contributed by atoms with Crippen LogP contribution in [0.3, 0.4) is 0 Å². The van der Waals surface area contributed by atoms with Gasteiger partial charge in [0, 0.05) is 0 Å². The lowest BCUT2D eigenvalue weighted by Gasteiger charge is -1.87. The molecule has 0 saturated heterocycles. The average Bonchev–Trinajstić information content (AvgIpc) is 2.40. The monoisotopic (exact) mass is 282 g/mol. The second-order valence-electron chi connectivity index (χ2n) is 2.94. The first kappa shape index (κ1) is 19.0. The van der Waals surface area contributed by atoms with Crippen molar-refractivity contribution in [3.8, 4) is 0 Å². The molecule has 5 nitrogen and oxygen atoms in total. The van der Waals surface area contributed by atoms with Gasteiger partial charge < -0.3 is 4.79 Å². The van der Waals surface area contributed by atoms with Crippen LogP contribution in [0.15, 0.2) is 48.6 Å². The number of ketones is 4. The van der Waals surface area contributed by atoms with Gasteiger partial charge in [0.1, 0.15) is 6.79 Å². The molecule has 0 atom stereocenters. The topological polar surface area (TPSA) is 85.3 Å². The fourth-order valence-corrected chi connectivity index (χ4v) is 0.879. The van der Waals surface area contributed by atoms with Gasteiger partial charge in [0.25, 0.3) is 0 Å². The van der Waals surface area contributed by atoms with Crippen LogP contribution in [0.4, 0.5) is 0 Å². The first-order chi connectivity index (χ1) is 8.58. The molecule has 0 aliphatic heterocycles. The van der Waals surface area contributed by atoms with Gasteiger partial charge in [0.15, 0.2) is 23.1 Å². The van der Waals surface area contributed by atoms with Crippen molar-refractivity contribution < 1.29 is 24.0 Å². The number of carbonyl (C=O) groups is 5. The Balaban J connectivity index is 0. The molecule has 0 aromatic heterocycles. The van der Waals surface area contributed by atoms with Crippen molar-refractivity contribution in [3.63, 3.8) is 0 Å². The largest absolute Gasteiger partial charge is 0.307 e. The van der Waals surface area contributed by atoms with E-state index in [-0.39, 0.29) is 35.5 Å². The van der Waals surface area contributed by atoms with Gasteiger partial charge in [-0.1, -0.05) is 0 Å². The molecule has 0 fully saturated rings. The molecule has 0 heterocycles. The van der Waals surface area contributed by atoms with Gasteiger partial charge in [-0.3, -0.25) is 19.2 Å². The molecule has 0 aromatic carbocycles. The van der Waals surface area contributed by atoms with E-state index in [1.807, 2.05) is 6.79 Å². The quantitative estimate of drug-likeness (QED) is 0.612. The van der Waals surface area contributed by atoms with Gasteiger partial charge >= 0.3 is 0 Å². The Hall–Kier alpha value is -2.40. The minimum Gasteiger partial charge on any atom is -0.307 e. The summed E-state index contributed by atoms with van der Waals surface area (Å²) in [6, 6.07) is 0. The second-order valence-corrected chi connectivity index (χ2v) is 2.94. The van der Waals surface area contributed by atoms with Crippen molar-refractivity contribution in [1.82, 2.24) is 0 Å². The van der Waals surface area contributed by atoms with Crippen molar-refractivity contribution in [2.24, 2.45) is 0 Å². The number of hydrogen-bond acceptors (Lipinski definition) is 5. The summed E-state index contributed by atoms with van der Waals surface area (Å²) in [5.41, 5.74) is 0. The molecule has 0 N–H and O–H groups in total. The van der Waals surface area contributed by atoms with E-state index < -0.39 is 0 Å². The van der Waals surface area contributed by atoms with Crippen LogP contribution < -0.4 is 0 Å². The molecule has 2 aliphatic rings. The Bertz CT molecular complexity index is 363. The number of allylic oxidation sites excluding steroid dienone is 8. The van der Waals surface area contributed by atoms with Crippen molar-refractivity contribution >= 4 is 42.3 Å². The highest BCUT2D eigenvalue weighted by Gasteiger charge is 1.98. The minimum atomic E-state index is -0.121. The Labute approximate surface area is 115 Å². The van der Waals surface area contributed by atoms with Gasteiger partial charge in [-0.25, -0.2) is 0 Å². The Morgan fingerprint density at radius 3 is 0.684 bits per heavy atom.